The second-order valence-corrected chi connectivity index (χ2v) is 5.29. The fourth-order valence-electron chi connectivity index (χ4n) is 1.60. The normalized spacial score (nSPS) is 9.28. The van der Waals surface area contributed by atoms with Crippen LogP contribution in [0.2, 0.25) is 0 Å². The molecule has 0 radical (unpaired) electrons. The predicted octanol–water partition coefficient (Wildman–Crippen LogP) is 5.79. The topological polar surface area (TPSA) is 42.0 Å². The monoisotopic (exact) mass is 348 g/mol. The quantitative estimate of drug-likeness (QED) is 0.564. The van der Waals surface area contributed by atoms with Crippen molar-refractivity contribution in [3.8, 4) is 0 Å². The van der Waals surface area contributed by atoms with E-state index in [2.05, 4.69) is 30.7 Å². The van der Waals surface area contributed by atoms with Crippen LogP contribution in [0.3, 0.4) is 0 Å². The number of rotatable bonds is 3. The molecule has 0 bridgehead atoms. The van der Waals surface area contributed by atoms with Gasteiger partial charge in [0.15, 0.2) is 5.83 Å². The van der Waals surface area contributed by atoms with E-state index in [-0.39, 0.29) is 0 Å². The molecule has 0 aliphatic heterocycles. The Kier molecular flexibility index (Phi) is 10.7. The molecule has 0 atom stereocenters. The standard InChI is InChI=1S/C12H14FNO.C6H6FN.C2H6/c1-8(2)10-4-6-11(7-5-10)14-12(15)9(3)13;1-5-2-3-6(7)8-4-5;1-2/h4-8H,3H2,1-2H3,(H,14,15);2-4H,1H3;1-2H3. The van der Waals surface area contributed by atoms with Gasteiger partial charge >= 0.3 is 0 Å². The largest absolute Gasteiger partial charge is 0.320 e. The number of nitrogens with zero attached hydrogens (tertiary/aromatic N) is 1. The van der Waals surface area contributed by atoms with Gasteiger partial charge in [-0.3, -0.25) is 4.79 Å². The van der Waals surface area contributed by atoms with Gasteiger partial charge in [0.2, 0.25) is 5.95 Å². The molecule has 1 amide bonds. The zero-order valence-corrected chi connectivity index (χ0v) is 15.4. The van der Waals surface area contributed by atoms with Gasteiger partial charge in [-0.15, -0.1) is 0 Å². The Bertz CT molecular complexity index is 629. The SMILES string of the molecule is C=C(F)C(=O)Nc1ccc(C(C)C)cc1.CC.Cc1ccc(F)nc1. The molecule has 25 heavy (non-hydrogen) atoms. The van der Waals surface area contributed by atoms with Gasteiger partial charge in [0.25, 0.3) is 5.91 Å². The molecule has 1 N–H and O–H groups in total. The summed E-state index contributed by atoms with van der Waals surface area (Å²) in [5.41, 5.74) is 2.72. The number of carbonyl (C=O) groups excluding carboxylic acids is 1. The Labute approximate surface area is 148 Å². The number of pyridine rings is 1. The predicted molar refractivity (Wildman–Crippen MR) is 99.7 cm³/mol. The van der Waals surface area contributed by atoms with Crippen molar-refractivity contribution in [1.29, 1.82) is 0 Å². The van der Waals surface area contributed by atoms with Crippen molar-refractivity contribution in [1.82, 2.24) is 4.98 Å². The molecule has 0 unspecified atom stereocenters. The van der Waals surface area contributed by atoms with E-state index in [0.29, 0.717) is 11.6 Å². The van der Waals surface area contributed by atoms with Gasteiger partial charge in [-0.2, -0.15) is 4.39 Å². The fraction of sp³-hybridized carbons (Fsp3) is 0.300. The minimum absolute atomic E-state index is 0.421. The zero-order chi connectivity index (χ0) is 19.4. The van der Waals surface area contributed by atoms with Gasteiger partial charge in [-0.25, -0.2) is 9.37 Å². The second kappa shape index (κ2) is 11.9. The van der Waals surface area contributed by atoms with Crippen molar-refractivity contribution in [2.24, 2.45) is 0 Å². The second-order valence-electron chi connectivity index (χ2n) is 5.29. The van der Waals surface area contributed by atoms with Crippen molar-refractivity contribution < 1.29 is 13.6 Å². The molecule has 136 valence electrons. The highest BCUT2D eigenvalue weighted by molar-refractivity contribution is 6.01. The van der Waals surface area contributed by atoms with Crippen molar-refractivity contribution in [2.75, 3.05) is 5.32 Å². The highest BCUT2D eigenvalue weighted by Gasteiger charge is 2.06. The fourth-order valence-corrected chi connectivity index (χ4v) is 1.60. The minimum atomic E-state index is -0.983. The molecule has 0 saturated carbocycles. The molecule has 2 aromatic rings. The molecule has 1 heterocycles. The van der Waals surface area contributed by atoms with Crippen LogP contribution in [0.15, 0.2) is 55.0 Å². The molecular formula is C20H26F2N2O. The number of benzene rings is 1. The third kappa shape index (κ3) is 9.35. The van der Waals surface area contributed by atoms with Crippen LogP contribution >= 0.6 is 0 Å². The number of aryl methyl sites for hydroxylation is 1. The van der Waals surface area contributed by atoms with Crippen molar-refractivity contribution >= 4 is 11.6 Å². The highest BCUT2D eigenvalue weighted by atomic mass is 19.1. The minimum Gasteiger partial charge on any atom is -0.320 e. The van der Waals surface area contributed by atoms with E-state index in [1.807, 2.05) is 32.9 Å². The number of hydrogen-bond donors (Lipinski definition) is 1. The number of halogens is 2. The summed E-state index contributed by atoms with van der Waals surface area (Å²) >= 11 is 0. The zero-order valence-electron chi connectivity index (χ0n) is 15.4. The Morgan fingerprint density at radius 2 is 1.68 bits per heavy atom. The molecule has 5 heteroatoms. The van der Waals surface area contributed by atoms with Crippen LogP contribution in [0, 0.1) is 12.9 Å². The van der Waals surface area contributed by atoms with Crippen LogP contribution in [0.5, 0.6) is 0 Å². The number of nitrogens with one attached hydrogen (secondary N) is 1. The van der Waals surface area contributed by atoms with E-state index in [0.717, 1.165) is 5.56 Å². The summed E-state index contributed by atoms with van der Waals surface area (Å²) in [6.45, 7) is 12.9. The van der Waals surface area contributed by atoms with Gasteiger partial charge < -0.3 is 5.32 Å². The van der Waals surface area contributed by atoms with E-state index in [9.17, 15) is 13.6 Å². The summed E-state index contributed by atoms with van der Waals surface area (Å²) in [6, 6.07) is 10.3. The lowest BCUT2D eigenvalue weighted by molar-refractivity contribution is -0.114. The van der Waals surface area contributed by atoms with Gasteiger partial charge in [0.1, 0.15) is 0 Å². The first-order chi connectivity index (χ1) is 11.8. The van der Waals surface area contributed by atoms with Crippen LogP contribution in [-0.4, -0.2) is 10.9 Å². The third-order valence-electron chi connectivity index (χ3n) is 2.96. The highest BCUT2D eigenvalue weighted by Crippen LogP contribution is 2.17. The first-order valence-corrected chi connectivity index (χ1v) is 8.13. The lowest BCUT2D eigenvalue weighted by atomic mass is 10.0. The molecular weight excluding hydrogens is 322 g/mol. The Hall–Kier alpha value is -2.56. The molecule has 2 rings (SSSR count). The van der Waals surface area contributed by atoms with Crippen LogP contribution in [0.4, 0.5) is 14.5 Å². The van der Waals surface area contributed by atoms with Gasteiger partial charge in [0, 0.05) is 11.9 Å². The average Bonchev–Trinajstić information content (AvgIpc) is 2.60. The van der Waals surface area contributed by atoms with Gasteiger partial charge in [0.05, 0.1) is 0 Å². The maximum absolute atomic E-state index is 12.4. The maximum atomic E-state index is 12.4. The summed E-state index contributed by atoms with van der Waals surface area (Å²) in [4.78, 5) is 14.4. The third-order valence-corrected chi connectivity index (χ3v) is 2.96. The lowest BCUT2D eigenvalue weighted by Crippen LogP contribution is -2.11. The maximum Gasteiger partial charge on any atom is 0.283 e. The smallest absolute Gasteiger partial charge is 0.283 e. The van der Waals surface area contributed by atoms with Crippen molar-refractivity contribution in [2.45, 2.75) is 40.5 Å². The van der Waals surface area contributed by atoms with Crippen LogP contribution in [0.1, 0.15) is 44.7 Å². The van der Waals surface area contributed by atoms with Gasteiger partial charge in [-0.05, 0) is 42.2 Å². The number of amides is 1. The summed E-state index contributed by atoms with van der Waals surface area (Å²) in [5.74, 6) is -1.77. The van der Waals surface area contributed by atoms with Crippen molar-refractivity contribution in [3.63, 3.8) is 0 Å². The summed E-state index contributed by atoms with van der Waals surface area (Å²) in [5, 5.41) is 2.39. The van der Waals surface area contributed by atoms with Crippen molar-refractivity contribution in [3.05, 3.63) is 72.1 Å². The Balaban J connectivity index is 0.000000483. The molecule has 1 aromatic heterocycles. The Morgan fingerprint density at radius 3 is 2.04 bits per heavy atom. The van der Waals surface area contributed by atoms with E-state index >= 15 is 0 Å². The molecule has 3 nitrogen and oxygen atoms in total. The number of anilines is 1. The molecule has 1 aromatic carbocycles. The first kappa shape index (κ1) is 22.4. The molecule has 0 fully saturated rings. The lowest BCUT2D eigenvalue weighted by Gasteiger charge is -2.07. The van der Waals surface area contributed by atoms with E-state index in [1.165, 1.54) is 17.8 Å². The van der Waals surface area contributed by atoms with Crippen LogP contribution in [-0.2, 0) is 4.79 Å². The van der Waals surface area contributed by atoms with E-state index < -0.39 is 17.7 Å². The number of aromatic nitrogens is 1. The van der Waals surface area contributed by atoms with E-state index in [4.69, 9.17) is 0 Å². The average molecular weight is 348 g/mol. The van der Waals surface area contributed by atoms with Crippen LogP contribution in [0.25, 0.3) is 0 Å². The molecule has 0 aliphatic rings. The molecule has 0 spiro atoms. The summed E-state index contributed by atoms with van der Waals surface area (Å²) in [7, 11) is 0. The van der Waals surface area contributed by atoms with E-state index in [1.54, 1.807) is 18.2 Å². The molecule has 0 saturated heterocycles. The summed E-state index contributed by atoms with van der Waals surface area (Å²) in [6.07, 6.45) is 1.50. The summed E-state index contributed by atoms with van der Waals surface area (Å²) < 4.78 is 24.4. The Morgan fingerprint density at radius 1 is 1.12 bits per heavy atom. The van der Waals surface area contributed by atoms with Gasteiger partial charge in [-0.1, -0.05) is 52.5 Å². The number of carbonyl (C=O) groups is 1. The van der Waals surface area contributed by atoms with Crippen LogP contribution < -0.4 is 5.32 Å². The number of hydrogen-bond acceptors (Lipinski definition) is 2. The first-order valence-electron chi connectivity index (χ1n) is 8.13. The molecule has 0 aliphatic carbocycles.